The highest BCUT2D eigenvalue weighted by Gasteiger charge is 2.46. The second kappa shape index (κ2) is 5.75. The van der Waals surface area contributed by atoms with Gasteiger partial charge in [0.15, 0.2) is 0 Å². The predicted molar refractivity (Wildman–Crippen MR) is 82.7 cm³/mol. The third-order valence-corrected chi connectivity index (χ3v) is 4.45. The van der Waals surface area contributed by atoms with Gasteiger partial charge >= 0.3 is 11.9 Å². The Hall–Kier alpha value is -2.58. The summed E-state index contributed by atoms with van der Waals surface area (Å²) in [4.78, 5) is 24.1. The van der Waals surface area contributed by atoms with Crippen molar-refractivity contribution >= 4 is 5.91 Å². The number of hydrogen-bond acceptors (Lipinski definition) is 3. The lowest BCUT2D eigenvalue weighted by atomic mass is 10.0. The van der Waals surface area contributed by atoms with E-state index in [1.165, 1.54) is 16.7 Å². The van der Waals surface area contributed by atoms with E-state index in [0.717, 1.165) is 16.8 Å². The summed E-state index contributed by atoms with van der Waals surface area (Å²) in [5.41, 5.74) is -1.16. The first kappa shape index (κ1) is 17.2. The number of aryl methyl sites for hydroxylation is 1. The minimum absolute atomic E-state index is 0.233. The van der Waals surface area contributed by atoms with Crippen LogP contribution in [-0.2, 0) is 30.1 Å². The van der Waals surface area contributed by atoms with Crippen molar-refractivity contribution in [3.63, 3.8) is 0 Å². The summed E-state index contributed by atoms with van der Waals surface area (Å²) < 4.78 is 40.3. The van der Waals surface area contributed by atoms with E-state index < -0.39 is 28.9 Å². The van der Waals surface area contributed by atoms with Crippen LogP contribution in [0.15, 0.2) is 29.1 Å². The van der Waals surface area contributed by atoms with E-state index >= 15 is 0 Å². The fourth-order valence-electron chi connectivity index (χ4n) is 2.73. The number of nitrogens with zero attached hydrogens (tertiary/aromatic N) is 3. The highest BCUT2D eigenvalue weighted by atomic mass is 19.4. The molecule has 0 bridgehead atoms. The lowest BCUT2D eigenvalue weighted by molar-refractivity contribution is -0.137. The fourth-order valence-corrected chi connectivity index (χ4v) is 2.73. The molecule has 0 unspecified atom stereocenters. The highest BCUT2D eigenvalue weighted by Crippen LogP contribution is 2.46. The molecule has 1 saturated carbocycles. The molecule has 1 heterocycles. The van der Waals surface area contributed by atoms with Crippen molar-refractivity contribution in [1.29, 1.82) is 0 Å². The molecule has 0 radical (unpaired) electrons. The van der Waals surface area contributed by atoms with Crippen LogP contribution >= 0.6 is 0 Å². The molecule has 1 aliphatic rings. The van der Waals surface area contributed by atoms with Crippen LogP contribution in [0, 0.1) is 6.92 Å². The first-order valence-corrected chi connectivity index (χ1v) is 7.72. The Morgan fingerprint density at radius 2 is 1.88 bits per heavy atom. The van der Waals surface area contributed by atoms with E-state index in [1.807, 2.05) is 0 Å². The largest absolute Gasteiger partial charge is 0.416 e. The smallest absolute Gasteiger partial charge is 0.345 e. The molecule has 0 saturated heterocycles. The van der Waals surface area contributed by atoms with Crippen LogP contribution in [0.3, 0.4) is 0 Å². The normalized spacial score (nSPS) is 15.9. The van der Waals surface area contributed by atoms with Crippen LogP contribution in [0.2, 0.25) is 0 Å². The number of carbonyl (C=O) groups is 1. The van der Waals surface area contributed by atoms with Gasteiger partial charge in [0.25, 0.3) is 0 Å². The standard InChI is InChI=1S/C16H17F3N4O2/c1-10-21-23(14(25)22(10)2)9-13(24)20-15(7-8-15)11-3-5-12(6-4-11)16(17,18)19/h3-6H,7-9H2,1-2H3,(H,20,24). The lowest BCUT2D eigenvalue weighted by Crippen LogP contribution is -2.39. The molecule has 0 spiro atoms. The van der Waals surface area contributed by atoms with Gasteiger partial charge in [0.05, 0.1) is 11.1 Å². The quantitative estimate of drug-likeness (QED) is 0.909. The fraction of sp³-hybridized carbons (Fsp3) is 0.438. The van der Waals surface area contributed by atoms with Crippen molar-refractivity contribution in [2.45, 2.75) is 38.0 Å². The molecule has 1 aliphatic carbocycles. The first-order valence-electron chi connectivity index (χ1n) is 7.72. The Morgan fingerprint density at radius 1 is 1.28 bits per heavy atom. The van der Waals surface area contributed by atoms with Gasteiger partial charge in [-0.15, -0.1) is 0 Å². The topological polar surface area (TPSA) is 68.9 Å². The molecular weight excluding hydrogens is 337 g/mol. The van der Waals surface area contributed by atoms with Gasteiger partial charge in [0, 0.05) is 7.05 Å². The molecule has 1 fully saturated rings. The molecule has 1 aromatic heterocycles. The van der Waals surface area contributed by atoms with E-state index in [1.54, 1.807) is 14.0 Å². The zero-order chi connectivity index (χ0) is 18.4. The summed E-state index contributed by atoms with van der Waals surface area (Å²) in [7, 11) is 1.56. The van der Waals surface area contributed by atoms with Gasteiger partial charge in [-0.05, 0) is 37.5 Å². The molecular formula is C16H17F3N4O2. The number of rotatable bonds is 4. The average Bonchev–Trinajstić information content (AvgIpc) is 3.28. The van der Waals surface area contributed by atoms with E-state index in [-0.39, 0.29) is 6.54 Å². The van der Waals surface area contributed by atoms with E-state index in [9.17, 15) is 22.8 Å². The summed E-state index contributed by atoms with van der Waals surface area (Å²) >= 11 is 0. The average molecular weight is 354 g/mol. The van der Waals surface area contributed by atoms with Crippen LogP contribution in [0.5, 0.6) is 0 Å². The number of carbonyl (C=O) groups excluding carboxylic acids is 1. The number of aromatic nitrogens is 3. The first-order chi connectivity index (χ1) is 11.6. The Bertz CT molecular complexity index is 861. The van der Waals surface area contributed by atoms with Gasteiger partial charge in [-0.1, -0.05) is 12.1 Å². The lowest BCUT2D eigenvalue weighted by Gasteiger charge is -2.18. The third kappa shape index (κ3) is 3.31. The summed E-state index contributed by atoms with van der Waals surface area (Å²) in [6.07, 6.45) is -3.11. The van der Waals surface area contributed by atoms with Crippen molar-refractivity contribution < 1.29 is 18.0 Å². The van der Waals surface area contributed by atoms with Gasteiger partial charge in [-0.25, -0.2) is 9.48 Å². The van der Waals surface area contributed by atoms with Crippen LogP contribution in [0.25, 0.3) is 0 Å². The van der Waals surface area contributed by atoms with Gasteiger partial charge in [0.2, 0.25) is 5.91 Å². The monoisotopic (exact) mass is 354 g/mol. The number of benzene rings is 1. The van der Waals surface area contributed by atoms with E-state index in [2.05, 4.69) is 10.4 Å². The Kier molecular flexibility index (Phi) is 3.97. The number of alkyl halides is 3. The highest BCUT2D eigenvalue weighted by molar-refractivity contribution is 5.77. The molecule has 2 aromatic rings. The Morgan fingerprint density at radius 3 is 2.32 bits per heavy atom. The number of hydrogen-bond donors (Lipinski definition) is 1. The van der Waals surface area contributed by atoms with Gasteiger partial charge in [-0.3, -0.25) is 9.36 Å². The number of nitrogens with one attached hydrogen (secondary N) is 1. The van der Waals surface area contributed by atoms with Crippen molar-refractivity contribution in [2.75, 3.05) is 0 Å². The molecule has 1 aromatic carbocycles. The minimum atomic E-state index is -4.39. The second-order valence-electron chi connectivity index (χ2n) is 6.25. The maximum atomic E-state index is 12.6. The molecule has 9 heteroatoms. The van der Waals surface area contributed by atoms with E-state index in [0.29, 0.717) is 24.2 Å². The maximum absolute atomic E-state index is 12.6. The molecule has 25 heavy (non-hydrogen) atoms. The van der Waals surface area contributed by atoms with Gasteiger partial charge in [-0.2, -0.15) is 18.3 Å². The van der Waals surface area contributed by atoms with Crippen molar-refractivity contribution in [2.24, 2.45) is 7.05 Å². The van der Waals surface area contributed by atoms with Crippen LogP contribution in [0.4, 0.5) is 13.2 Å². The second-order valence-corrected chi connectivity index (χ2v) is 6.25. The molecule has 1 amide bonds. The molecule has 0 aliphatic heterocycles. The predicted octanol–water partition coefficient (Wildman–Crippen LogP) is 1.71. The minimum Gasteiger partial charge on any atom is -0.345 e. The van der Waals surface area contributed by atoms with Crippen molar-refractivity contribution in [3.8, 4) is 0 Å². The molecule has 134 valence electrons. The molecule has 3 rings (SSSR count). The SMILES string of the molecule is Cc1nn(CC(=O)NC2(c3ccc(C(F)(F)F)cc3)CC2)c(=O)n1C. The Balaban J connectivity index is 1.72. The van der Waals surface area contributed by atoms with E-state index in [4.69, 9.17) is 0 Å². The van der Waals surface area contributed by atoms with Gasteiger partial charge in [0.1, 0.15) is 12.4 Å². The van der Waals surface area contributed by atoms with Crippen LogP contribution in [-0.4, -0.2) is 20.3 Å². The van der Waals surface area contributed by atoms with Crippen LogP contribution in [0.1, 0.15) is 29.8 Å². The van der Waals surface area contributed by atoms with Crippen LogP contribution < -0.4 is 11.0 Å². The summed E-state index contributed by atoms with van der Waals surface area (Å²) in [6, 6.07) is 4.78. The van der Waals surface area contributed by atoms with Gasteiger partial charge < -0.3 is 5.32 Å². The third-order valence-electron chi connectivity index (χ3n) is 4.45. The Labute approximate surface area is 141 Å². The van der Waals surface area contributed by atoms with Crippen molar-refractivity contribution in [1.82, 2.24) is 19.7 Å². The zero-order valence-corrected chi connectivity index (χ0v) is 13.7. The molecule has 0 atom stereocenters. The zero-order valence-electron chi connectivity index (χ0n) is 13.7. The number of amides is 1. The summed E-state index contributed by atoms with van der Waals surface area (Å²) in [5.74, 6) is 0.0827. The maximum Gasteiger partial charge on any atom is 0.416 e. The molecule has 1 N–H and O–H groups in total. The number of halogens is 3. The summed E-state index contributed by atoms with van der Waals surface area (Å²) in [5, 5.41) is 6.81. The summed E-state index contributed by atoms with van der Waals surface area (Å²) in [6.45, 7) is 1.42. The van der Waals surface area contributed by atoms with Crippen molar-refractivity contribution in [3.05, 3.63) is 51.7 Å². The molecule has 6 nitrogen and oxygen atoms in total.